The minimum atomic E-state index is -3.37. The van der Waals surface area contributed by atoms with Gasteiger partial charge >= 0.3 is 0 Å². The highest BCUT2D eigenvalue weighted by atomic mass is 32.2. The van der Waals surface area contributed by atoms with Crippen molar-refractivity contribution in [2.24, 2.45) is 0 Å². The molecule has 1 aliphatic rings. The minimum absolute atomic E-state index is 0.408. The van der Waals surface area contributed by atoms with Crippen molar-refractivity contribution in [1.29, 1.82) is 0 Å². The van der Waals surface area contributed by atoms with Crippen LogP contribution < -0.4 is 19.3 Å². The molecule has 0 bridgehead atoms. The van der Waals surface area contributed by atoms with Crippen LogP contribution in [-0.4, -0.2) is 70.1 Å². The summed E-state index contributed by atoms with van der Waals surface area (Å²) in [7, 11) is -0.250. The SMILES string of the molecule is COc1nc(N2CCOCC2)ccc1Nc1ncc2scc(-c3cccc(N(C)S(C)(=O)=O)c3)c2n1. The van der Waals surface area contributed by atoms with E-state index in [9.17, 15) is 8.42 Å². The van der Waals surface area contributed by atoms with Gasteiger partial charge in [0.2, 0.25) is 21.9 Å². The molecule has 1 saturated heterocycles. The molecule has 1 fully saturated rings. The number of methoxy groups -OCH3 is 1. The first-order valence-electron chi connectivity index (χ1n) is 11.3. The summed E-state index contributed by atoms with van der Waals surface area (Å²) in [5.41, 5.74) is 3.78. The van der Waals surface area contributed by atoms with E-state index in [1.54, 1.807) is 19.4 Å². The number of morpholine rings is 1. The monoisotopic (exact) mass is 526 g/mol. The Morgan fingerprint density at radius 1 is 1.17 bits per heavy atom. The van der Waals surface area contributed by atoms with E-state index in [1.165, 1.54) is 28.9 Å². The zero-order chi connectivity index (χ0) is 25.3. The number of nitrogens with zero attached hydrogens (tertiary/aromatic N) is 5. The zero-order valence-electron chi connectivity index (χ0n) is 20.1. The number of pyridine rings is 1. The second-order valence-corrected chi connectivity index (χ2v) is 11.2. The van der Waals surface area contributed by atoms with Crippen molar-refractivity contribution in [3.8, 4) is 17.0 Å². The van der Waals surface area contributed by atoms with Gasteiger partial charge < -0.3 is 19.7 Å². The van der Waals surface area contributed by atoms with Gasteiger partial charge in [-0.3, -0.25) is 4.31 Å². The Bertz CT molecular complexity index is 1500. The molecule has 0 atom stereocenters. The minimum Gasteiger partial charge on any atom is -0.479 e. The fourth-order valence-corrected chi connectivity index (χ4v) is 5.29. The van der Waals surface area contributed by atoms with Crippen LogP contribution in [0.5, 0.6) is 5.88 Å². The van der Waals surface area contributed by atoms with Crippen LogP contribution in [0.2, 0.25) is 0 Å². The zero-order valence-corrected chi connectivity index (χ0v) is 21.8. The van der Waals surface area contributed by atoms with Gasteiger partial charge in [-0.05, 0) is 29.8 Å². The fraction of sp³-hybridized carbons (Fsp3) is 0.292. The maximum atomic E-state index is 12.0. The van der Waals surface area contributed by atoms with E-state index < -0.39 is 10.0 Å². The first kappa shape index (κ1) is 24.2. The Morgan fingerprint density at radius 3 is 2.72 bits per heavy atom. The van der Waals surface area contributed by atoms with Gasteiger partial charge in [0.05, 0.1) is 48.7 Å². The molecule has 0 saturated carbocycles. The van der Waals surface area contributed by atoms with E-state index in [1.807, 2.05) is 35.7 Å². The topological polar surface area (TPSA) is 110 Å². The third kappa shape index (κ3) is 4.92. The molecule has 1 N–H and O–H groups in total. The summed E-state index contributed by atoms with van der Waals surface area (Å²) in [5, 5.41) is 5.23. The first-order chi connectivity index (χ1) is 17.3. The first-order valence-corrected chi connectivity index (χ1v) is 14.0. The number of hydrogen-bond donors (Lipinski definition) is 1. The summed E-state index contributed by atoms with van der Waals surface area (Å²) < 4.78 is 37.1. The number of sulfonamides is 1. The standard InChI is InChI=1S/C24H26N6O4S2/c1-29(36(3,31)32)17-6-4-5-16(13-17)18-15-35-20-14-25-24(28-22(18)20)26-19-7-8-21(27-23(19)33-2)30-9-11-34-12-10-30/h4-8,13-15H,9-12H2,1-3H3,(H,25,26,28). The molecule has 4 aromatic rings. The van der Waals surface area contributed by atoms with E-state index in [0.29, 0.717) is 36.4 Å². The average molecular weight is 527 g/mol. The molecule has 0 amide bonds. The third-order valence-electron chi connectivity index (χ3n) is 5.95. The van der Waals surface area contributed by atoms with Crippen molar-refractivity contribution in [2.45, 2.75) is 0 Å². The lowest BCUT2D eigenvalue weighted by molar-refractivity contribution is 0.122. The van der Waals surface area contributed by atoms with Crippen molar-refractivity contribution in [1.82, 2.24) is 15.0 Å². The van der Waals surface area contributed by atoms with Crippen LogP contribution >= 0.6 is 11.3 Å². The summed E-state index contributed by atoms with van der Waals surface area (Å²) in [5.74, 6) is 1.69. The van der Waals surface area contributed by atoms with Gasteiger partial charge in [0.1, 0.15) is 11.5 Å². The van der Waals surface area contributed by atoms with Crippen LogP contribution in [0.4, 0.5) is 23.1 Å². The molecule has 1 aromatic carbocycles. The van der Waals surface area contributed by atoms with Crippen LogP contribution in [0.25, 0.3) is 21.3 Å². The van der Waals surface area contributed by atoms with Crippen LogP contribution in [0.15, 0.2) is 48.0 Å². The van der Waals surface area contributed by atoms with Crippen LogP contribution in [0.3, 0.4) is 0 Å². The maximum absolute atomic E-state index is 12.0. The highest BCUT2D eigenvalue weighted by Crippen LogP contribution is 2.35. The van der Waals surface area contributed by atoms with E-state index >= 15 is 0 Å². The summed E-state index contributed by atoms with van der Waals surface area (Å²) in [6.07, 6.45) is 2.95. The highest BCUT2D eigenvalue weighted by Gasteiger charge is 2.17. The number of fused-ring (bicyclic) bond motifs is 1. The third-order valence-corrected chi connectivity index (χ3v) is 8.06. The van der Waals surface area contributed by atoms with Crippen molar-refractivity contribution < 1.29 is 17.9 Å². The molecule has 10 nitrogen and oxygen atoms in total. The molecule has 12 heteroatoms. The summed E-state index contributed by atoms with van der Waals surface area (Å²) in [4.78, 5) is 16.0. The Balaban J connectivity index is 1.45. The number of anilines is 4. The summed E-state index contributed by atoms with van der Waals surface area (Å²) >= 11 is 1.53. The van der Waals surface area contributed by atoms with Crippen molar-refractivity contribution in [3.05, 3.63) is 48.0 Å². The van der Waals surface area contributed by atoms with Gasteiger partial charge in [-0.1, -0.05) is 12.1 Å². The number of rotatable bonds is 7. The quantitative estimate of drug-likeness (QED) is 0.385. The van der Waals surface area contributed by atoms with Gasteiger partial charge in [-0.25, -0.2) is 18.4 Å². The molecular formula is C24H26N6O4S2. The predicted octanol–water partition coefficient (Wildman–Crippen LogP) is 3.74. The number of benzene rings is 1. The molecule has 36 heavy (non-hydrogen) atoms. The average Bonchev–Trinajstić information content (AvgIpc) is 3.32. The largest absolute Gasteiger partial charge is 0.479 e. The Hall–Kier alpha value is -3.48. The number of thiophene rings is 1. The smallest absolute Gasteiger partial charge is 0.239 e. The fourth-order valence-electron chi connectivity index (χ4n) is 3.92. The Kier molecular flexibility index (Phi) is 6.65. The molecule has 0 unspecified atom stereocenters. The molecule has 0 spiro atoms. The van der Waals surface area contributed by atoms with E-state index in [-0.39, 0.29) is 0 Å². The Morgan fingerprint density at radius 2 is 1.97 bits per heavy atom. The van der Waals surface area contributed by atoms with Crippen LogP contribution in [0, 0.1) is 0 Å². The van der Waals surface area contributed by atoms with E-state index in [4.69, 9.17) is 14.5 Å². The van der Waals surface area contributed by atoms with Gasteiger partial charge in [0.25, 0.3) is 0 Å². The molecule has 5 rings (SSSR count). The lowest BCUT2D eigenvalue weighted by atomic mass is 10.1. The number of hydrogen-bond acceptors (Lipinski definition) is 10. The van der Waals surface area contributed by atoms with Gasteiger partial charge in [-0.15, -0.1) is 11.3 Å². The molecule has 0 aliphatic carbocycles. The van der Waals surface area contributed by atoms with Crippen LogP contribution in [-0.2, 0) is 14.8 Å². The lowest BCUT2D eigenvalue weighted by Crippen LogP contribution is -2.36. The molecular weight excluding hydrogens is 500 g/mol. The molecule has 3 aromatic heterocycles. The normalized spacial score (nSPS) is 14.1. The Labute approximate surface area is 213 Å². The maximum Gasteiger partial charge on any atom is 0.239 e. The van der Waals surface area contributed by atoms with Crippen LogP contribution in [0.1, 0.15) is 0 Å². The molecule has 1 aliphatic heterocycles. The van der Waals surface area contributed by atoms with Crippen molar-refractivity contribution in [3.63, 3.8) is 0 Å². The molecule has 4 heterocycles. The van der Waals surface area contributed by atoms with Gasteiger partial charge in [0, 0.05) is 31.1 Å². The second-order valence-electron chi connectivity index (χ2n) is 8.29. The van der Waals surface area contributed by atoms with Gasteiger partial charge in [0.15, 0.2) is 0 Å². The molecule has 0 radical (unpaired) electrons. The van der Waals surface area contributed by atoms with Crippen molar-refractivity contribution in [2.75, 3.05) is 61.2 Å². The summed E-state index contributed by atoms with van der Waals surface area (Å²) in [6.45, 7) is 2.91. The van der Waals surface area contributed by atoms with Crippen molar-refractivity contribution >= 4 is 54.7 Å². The molecule has 188 valence electrons. The lowest BCUT2D eigenvalue weighted by Gasteiger charge is -2.28. The predicted molar refractivity (Wildman–Crippen MR) is 143 cm³/mol. The van der Waals surface area contributed by atoms with E-state index in [2.05, 4.69) is 20.2 Å². The second kappa shape index (κ2) is 9.88. The number of ether oxygens (including phenoxy) is 2. The number of nitrogens with one attached hydrogen (secondary N) is 1. The highest BCUT2D eigenvalue weighted by molar-refractivity contribution is 7.92. The van der Waals surface area contributed by atoms with E-state index in [0.717, 1.165) is 40.3 Å². The van der Waals surface area contributed by atoms with Gasteiger partial charge in [-0.2, -0.15) is 4.98 Å². The number of aromatic nitrogens is 3. The summed E-state index contributed by atoms with van der Waals surface area (Å²) in [6, 6.07) is 11.2.